The van der Waals surface area contributed by atoms with Crippen molar-refractivity contribution in [2.75, 3.05) is 12.4 Å². The van der Waals surface area contributed by atoms with Gasteiger partial charge in [-0.25, -0.2) is 9.59 Å². The highest BCUT2D eigenvalue weighted by Gasteiger charge is 2.26. The fourth-order valence-corrected chi connectivity index (χ4v) is 2.99. The lowest BCUT2D eigenvalue weighted by atomic mass is 10.1. The van der Waals surface area contributed by atoms with E-state index in [1.807, 2.05) is 11.5 Å². The first kappa shape index (κ1) is 16.9. The van der Waals surface area contributed by atoms with E-state index < -0.39 is 17.3 Å². The number of carbonyl (C=O) groups excluding carboxylic acids is 2. The fraction of sp³-hybridized carbons (Fsp3) is 0.583. The van der Waals surface area contributed by atoms with Crippen molar-refractivity contribution in [1.82, 2.24) is 5.32 Å². The Morgan fingerprint density at radius 2 is 2.30 bits per heavy atom. The highest BCUT2D eigenvalue weighted by molar-refractivity contribution is 8.13. The molecule has 0 aromatic heterocycles. The van der Waals surface area contributed by atoms with Crippen LogP contribution in [0.5, 0.6) is 0 Å². The summed E-state index contributed by atoms with van der Waals surface area (Å²) in [6, 6.07) is -0.681. The third-order valence-electron chi connectivity index (χ3n) is 2.48. The van der Waals surface area contributed by atoms with Crippen molar-refractivity contribution in [3.05, 3.63) is 11.5 Å². The van der Waals surface area contributed by atoms with Gasteiger partial charge >= 0.3 is 11.3 Å². The summed E-state index contributed by atoms with van der Waals surface area (Å²) >= 11 is 2.30. The van der Waals surface area contributed by atoms with Gasteiger partial charge in [-0.05, 0) is 30.0 Å². The molecule has 0 aromatic carbocycles. The van der Waals surface area contributed by atoms with E-state index in [-0.39, 0.29) is 23.5 Å². The van der Waals surface area contributed by atoms with Crippen LogP contribution in [0.15, 0.2) is 11.5 Å². The van der Waals surface area contributed by atoms with Crippen molar-refractivity contribution in [3.8, 4) is 0 Å². The summed E-state index contributed by atoms with van der Waals surface area (Å²) in [7, 11) is 0. The Hall–Kier alpha value is -1.15. The van der Waals surface area contributed by atoms with Crippen LogP contribution in [0.25, 0.3) is 0 Å². The molecule has 0 bridgehead atoms. The van der Waals surface area contributed by atoms with Crippen LogP contribution < -0.4 is 5.32 Å². The third kappa shape index (κ3) is 6.85. The van der Waals surface area contributed by atoms with Crippen LogP contribution in [0, 0.1) is 0 Å². The lowest BCUT2D eigenvalue weighted by Gasteiger charge is -2.19. The van der Waals surface area contributed by atoms with E-state index in [4.69, 9.17) is 9.84 Å². The fourth-order valence-electron chi connectivity index (χ4n) is 1.68. The number of thioether (sulfide) groups is 2. The Bertz CT molecular complexity index is 391. The quantitative estimate of drug-likeness (QED) is 0.546. The minimum atomic E-state index is -1.01. The summed E-state index contributed by atoms with van der Waals surface area (Å²) in [5.74, 6) is -0.616. The smallest absolute Gasteiger partial charge is 0.364 e. The number of amides is 1. The van der Waals surface area contributed by atoms with Gasteiger partial charge < -0.3 is 15.2 Å². The van der Waals surface area contributed by atoms with Crippen molar-refractivity contribution >= 4 is 40.7 Å². The Labute approximate surface area is 125 Å². The second kappa shape index (κ2) is 8.91. The molecule has 1 heterocycles. The molecule has 112 valence electrons. The van der Waals surface area contributed by atoms with Gasteiger partial charge in [0.2, 0.25) is 5.91 Å². The SMILES string of the molecule is CC(=O)N[C@@H](CC1CC=CS1)C(=O)OCCSC(=O)O. The molecule has 0 aliphatic carbocycles. The van der Waals surface area contributed by atoms with Crippen molar-refractivity contribution in [3.63, 3.8) is 0 Å². The van der Waals surface area contributed by atoms with Gasteiger partial charge in [-0.1, -0.05) is 6.08 Å². The van der Waals surface area contributed by atoms with Gasteiger partial charge in [0.1, 0.15) is 12.6 Å². The minimum Gasteiger partial charge on any atom is -0.473 e. The van der Waals surface area contributed by atoms with E-state index >= 15 is 0 Å². The summed E-state index contributed by atoms with van der Waals surface area (Å²) in [6.07, 6.45) is 3.39. The van der Waals surface area contributed by atoms with E-state index in [1.165, 1.54) is 6.92 Å². The van der Waals surface area contributed by atoms with Crippen molar-refractivity contribution in [2.24, 2.45) is 0 Å². The average molecular weight is 319 g/mol. The van der Waals surface area contributed by atoms with Gasteiger partial charge in [-0.15, -0.1) is 11.8 Å². The molecular formula is C12H17NO5S2. The first-order chi connectivity index (χ1) is 9.49. The van der Waals surface area contributed by atoms with Crippen LogP contribution in [-0.4, -0.2) is 45.9 Å². The zero-order valence-electron chi connectivity index (χ0n) is 11.0. The van der Waals surface area contributed by atoms with Gasteiger partial charge in [-0.2, -0.15) is 0 Å². The van der Waals surface area contributed by atoms with Crippen LogP contribution in [0.3, 0.4) is 0 Å². The van der Waals surface area contributed by atoms with Crippen LogP contribution in [0.4, 0.5) is 4.79 Å². The van der Waals surface area contributed by atoms with E-state index in [2.05, 4.69) is 5.32 Å². The Morgan fingerprint density at radius 3 is 2.85 bits per heavy atom. The van der Waals surface area contributed by atoms with E-state index in [0.717, 1.165) is 6.42 Å². The second-order valence-corrected chi connectivity index (χ2v) is 6.39. The number of hydrogen-bond acceptors (Lipinski definition) is 6. The molecule has 6 nitrogen and oxygen atoms in total. The molecule has 0 saturated heterocycles. The zero-order chi connectivity index (χ0) is 15.0. The number of hydrogen-bond donors (Lipinski definition) is 2. The first-order valence-electron chi connectivity index (χ1n) is 6.09. The molecular weight excluding hydrogens is 302 g/mol. The predicted octanol–water partition coefficient (Wildman–Crippen LogP) is 1.85. The molecule has 1 aliphatic heterocycles. The predicted molar refractivity (Wildman–Crippen MR) is 78.8 cm³/mol. The third-order valence-corrected chi connectivity index (χ3v) is 4.22. The van der Waals surface area contributed by atoms with E-state index in [1.54, 1.807) is 11.8 Å². The second-order valence-electron chi connectivity index (χ2n) is 4.14. The topological polar surface area (TPSA) is 92.7 Å². The van der Waals surface area contributed by atoms with Gasteiger partial charge in [0, 0.05) is 17.9 Å². The Morgan fingerprint density at radius 1 is 1.55 bits per heavy atom. The maximum Gasteiger partial charge on any atom is 0.364 e. The lowest BCUT2D eigenvalue weighted by molar-refractivity contribution is -0.147. The molecule has 0 saturated carbocycles. The highest BCUT2D eigenvalue weighted by Crippen LogP contribution is 2.27. The molecule has 0 radical (unpaired) electrons. The van der Waals surface area contributed by atoms with Gasteiger partial charge in [0.15, 0.2) is 0 Å². The maximum atomic E-state index is 11.9. The molecule has 1 unspecified atom stereocenters. The largest absolute Gasteiger partial charge is 0.473 e. The summed E-state index contributed by atoms with van der Waals surface area (Å²) in [6.45, 7) is 1.36. The monoisotopic (exact) mass is 319 g/mol. The standard InChI is InChI=1S/C12H17NO5S2/c1-8(14)13-10(7-9-3-2-5-19-9)11(15)18-4-6-20-12(16)17/h2,5,9-10H,3-4,6-7H2,1H3,(H,13,14)(H,16,17)/t9?,10-/m0/s1. The highest BCUT2D eigenvalue weighted by atomic mass is 32.2. The molecule has 1 rings (SSSR count). The van der Waals surface area contributed by atoms with Gasteiger partial charge in [0.25, 0.3) is 0 Å². The maximum absolute atomic E-state index is 11.9. The number of esters is 1. The van der Waals surface area contributed by atoms with E-state index in [9.17, 15) is 14.4 Å². The number of allylic oxidation sites excluding steroid dienone is 1. The van der Waals surface area contributed by atoms with Crippen LogP contribution >= 0.6 is 23.5 Å². The molecule has 0 fully saturated rings. The number of nitrogens with one attached hydrogen (secondary N) is 1. The number of rotatable bonds is 7. The molecule has 1 aliphatic rings. The van der Waals surface area contributed by atoms with Crippen LogP contribution in [0.2, 0.25) is 0 Å². The number of carboxylic acid groups (broad SMARTS) is 1. The van der Waals surface area contributed by atoms with Gasteiger partial charge in [0.05, 0.1) is 0 Å². The first-order valence-corrected chi connectivity index (χ1v) is 8.02. The molecule has 2 N–H and O–H groups in total. The van der Waals surface area contributed by atoms with Crippen LogP contribution in [-0.2, 0) is 14.3 Å². The van der Waals surface area contributed by atoms with Crippen molar-refractivity contribution in [2.45, 2.75) is 31.1 Å². The molecule has 0 aromatic rings. The Balaban J connectivity index is 2.38. The molecule has 0 spiro atoms. The normalized spacial score (nSPS) is 18.6. The van der Waals surface area contributed by atoms with Crippen LogP contribution in [0.1, 0.15) is 19.8 Å². The molecule has 2 atom stereocenters. The van der Waals surface area contributed by atoms with Crippen molar-refractivity contribution < 1.29 is 24.2 Å². The summed E-state index contributed by atoms with van der Waals surface area (Å²) in [5, 5.41) is 12.3. The van der Waals surface area contributed by atoms with Crippen molar-refractivity contribution in [1.29, 1.82) is 0 Å². The number of carbonyl (C=O) groups is 3. The molecule has 8 heteroatoms. The van der Waals surface area contributed by atoms with Gasteiger partial charge in [-0.3, -0.25) is 4.79 Å². The molecule has 1 amide bonds. The Kier molecular flexibility index (Phi) is 7.53. The summed E-state index contributed by atoms with van der Waals surface area (Å²) in [5.41, 5.74) is 0. The molecule has 20 heavy (non-hydrogen) atoms. The summed E-state index contributed by atoms with van der Waals surface area (Å²) < 4.78 is 5.00. The minimum absolute atomic E-state index is 0.0158. The average Bonchev–Trinajstić information content (AvgIpc) is 2.85. The number of ether oxygens (including phenoxy) is 1. The van der Waals surface area contributed by atoms with E-state index in [0.29, 0.717) is 18.2 Å². The zero-order valence-corrected chi connectivity index (χ0v) is 12.7. The lowest BCUT2D eigenvalue weighted by Crippen LogP contribution is -2.42. The summed E-state index contributed by atoms with van der Waals surface area (Å²) in [4.78, 5) is 33.3.